The minimum Gasteiger partial charge on any atom is -0.467 e. The Morgan fingerprint density at radius 1 is 0.944 bits per heavy atom. The van der Waals surface area contributed by atoms with Gasteiger partial charge in [-0.1, -0.05) is 0 Å². The van der Waals surface area contributed by atoms with Crippen molar-refractivity contribution in [2.75, 3.05) is 27.4 Å². The molecule has 1 aromatic rings. The first kappa shape index (κ1) is 14.0. The van der Waals surface area contributed by atoms with E-state index >= 15 is 0 Å². The van der Waals surface area contributed by atoms with Crippen molar-refractivity contribution in [3.8, 4) is 12.0 Å². The predicted octanol–water partition coefficient (Wildman–Crippen LogP) is 1.26. The van der Waals surface area contributed by atoms with Crippen LogP contribution in [-0.4, -0.2) is 42.4 Å². The number of rotatable bonds is 7. The molecule has 0 radical (unpaired) electrons. The van der Waals surface area contributed by atoms with Gasteiger partial charge in [0.25, 0.3) is 5.95 Å². The van der Waals surface area contributed by atoms with Gasteiger partial charge in [0.05, 0.1) is 33.5 Å². The average molecular weight is 255 g/mol. The maximum Gasteiger partial charge on any atom is 0.322 e. The van der Waals surface area contributed by atoms with Gasteiger partial charge in [-0.2, -0.15) is 9.97 Å². The summed E-state index contributed by atoms with van der Waals surface area (Å²) in [5, 5.41) is 0. The van der Waals surface area contributed by atoms with Gasteiger partial charge in [-0.3, -0.25) is 0 Å². The van der Waals surface area contributed by atoms with Gasteiger partial charge in [0.2, 0.25) is 0 Å². The van der Waals surface area contributed by atoms with E-state index in [9.17, 15) is 0 Å². The molecule has 1 aromatic heterocycles. The fourth-order valence-corrected chi connectivity index (χ4v) is 1.11. The third-order valence-corrected chi connectivity index (χ3v) is 1.80. The van der Waals surface area contributed by atoms with E-state index < -0.39 is 0 Å². The second kappa shape index (κ2) is 7.31. The molecular weight excluding hydrogens is 238 g/mol. The van der Waals surface area contributed by atoms with Crippen LogP contribution in [0.5, 0.6) is 12.0 Å². The van der Waals surface area contributed by atoms with E-state index in [2.05, 4.69) is 15.0 Å². The summed E-state index contributed by atoms with van der Waals surface area (Å²) in [6.07, 6.45) is 1.56. The highest BCUT2D eigenvalue weighted by atomic mass is 16.7. The third kappa shape index (κ3) is 4.08. The van der Waals surface area contributed by atoms with Crippen LogP contribution < -0.4 is 9.47 Å². The maximum absolute atomic E-state index is 5.29. The summed E-state index contributed by atoms with van der Waals surface area (Å²) in [4.78, 5) is 12.0. The molecule has 7 nitrogen and oxygen atoms in total. The molecule has 0 amide bonds. The molecule has 0 saturated heterocycles. The normalized spacial score (nSPS) is 9.56. The Hall–Kier alpha value is -2.05. The van der Waals surface area contributed by atoms with Crippen molar-refractivity contribution in [1.29, 1.82) is 0 Å². The van der Waals surface area contributed by atoms with E-state index in [1.54, 1.807) is 6.08 Å². The van der Waals surface area contributed by atoms with Crippen LogP contribution in [0.3, 0.4) is 0 Å². The van der Waals surface area contributed by atoms with Crippen LogP contribution in [-0.2, 0) is 9.47 Å². The van der Waals surface area contributed by atoms with E-state index in [1.807, 2.05) is 13.8 Å². The van der Waals surface area contributed by atoms with Crippen LogP contribution in [0, 0.1) is 0 Å². The zero-order valence-electron chi connectivity index (χ0n) is 11.0. The van der Waals surface area contributed by atoms with Gasteiger partial charge >= 0.3 is 12.0 Å². The quantitative estimate of drug-likeness (QED) is 0.679. The van der Waals surface area contributed by atoms with Crippen molar-refractivity contribution in [3.05, 3.63) is 11.8 Å². The molecule has 0 N–H and O–H groups in total. The summed E-state index contributed by atoms with van der Waals surface area (Å²) in [6, 6.07) is 0.334. The van der Waals surface area contributed by atoms with E-state index in [1.165, 1.54) is 14.2 Å². The van der Waals surface area contributed by atoms with Crippen LogP contribution >= 0.6 is 0 Å². The molecule has 0 aliphatic heterocycles. The minimum atomic E-state index is 0.167. The lowest BCUT2D eigenvalue weighted by Crippen LogP contribution is -2.03. The van der Waals surface area contributed by atoms with Crippen LogP contribution in [0.1, 0.15) is 19.7 Å². The van der Waals surface area contributed by atoms with Gasteiger partial charge in [-0.25, -0.2) is 0 Å². The van der Waals surface area contributed by atoms with Gasteiger partial charge in [0.15, 0.2) is 5.82 Å². The lowest BCUT2D eigenvalue weighted by molar-refractivity contribution is 0.0506. The summed E-state index contributed by atoms with van der Waals surface area (Å²) in [5.74, 6) is 0.686. The first-order valence-electron chi connectivity index (χ1n) is 5.54. The summed E-state index contributed by atoms with van der Waals surface area (Å²) in [5.41, 5.74) is 0. The average Bonchev–Trinajstić information content (AvgIpc) is 2.38. The van der Waals surface area contributed by atoms with Crippen molar-refractivity contribution in [2.45, 2.75) is 13.8 Å². The Balaban J connectivity index is 3.01. The Morgan fingerprint density at radius 2 is 1.44 bits per heavy atom. The molecular formula is C11H17N3O4. The second-order valence-electron chi connectivity index (χ2n) is 3.00. The molecule has 1 heterocycles. The lowest BCUT2D eigenvalue weighted by atomic mass is 10.5. The Bertz CT molecular complexity index is 379. The first-order chi connectivity index (χ1) is 8.73. The van der Waals surface area contributed by atoms with E-state index in [0.717, 1.165) is 0 Å². The summed E-state index contributed by atoms with van der Waals surface area (Å²) in [6.45, 7) is 4.71. The van der Waals surface area contributed by atoms with Crippen LogP contribution in [0.2, 0.25) is 0 Å². The van der Waals surface area contributed by atoms with Crippen molar-refractivity contribution < 1.29 is 18.9 Å². The van der Waals surface area contributed by atoms with E-state index in [0.29, 0.717) is 25.0 Å². The smallest absolute Gasteiger partial charge is 0.322 e. The lowest BCUT2D eigenvalue weighted by Gasteiger charge is -2.08. The van der Waals surface area contributed by atoms with Gasteiger partial charge in [0, 0.05) is 0 Å². The Kier molecular flexibility index (Phi) is 5.69. The maximum atomic E-state index is 5.29. The Labute approximate surface area is 106 Å². The minimum absolute atomic E-state index is 0.167. The van der Waals surface area contributed by atoms with Gasteiger partial charge in [-0.15, -0.1) is 4.98 Å². The zero-order chi connectivity index (χ0) is 13.4. The molecule has 0 unspecified atom stereocenters. The molecule has 18 heavy (non-hydrogen) atoms. The third-order valence-electron chi connectivity index (χ3n) is 1.80. The standard InChI is InChI=1S/C11H17N3O4/c1-5-17-9(18-6-2)7-8-12-10(15-3)14-11(13-8)16-4/h7H,5-6H2,1-4H3. The highest BCUT2D eigenvalue weighted by Crippen LogP contribution is 2.12. The molecule has 0 aliphatic carbocycles. The molecule has 0 fully saturated rings. The van der Waals surface area contributed by atoms with Gasteiger partial charge < -0.3 is 18.9 Å². The highest BCUT2D eigenvalue weighted by Gasteiger charge is 2.07. The van der Waals surface area contributed by atoms with Gasteiger partial charge in [-0.05, 0) is 13.8 Å². The van der Waals surface area contributed by atoms with Crippen molar-refractivity contribution in [3.63, 3.8) is 0 Å². The number of aromatic nitrogens is 3. The Morgan fingerprint density at radius 3 is 1.83 bits per heavy atom. The number of ether oxygens (including phenoxy) is 4. The molecule has 0 aromatic carbocycles. The fraction of sp³-hybridized carbons (Fsp3) is 0.545. The first-order valence-corrected chi connectivity index (χ1v) is 5.54. The molecule has 0 spiro atoms. The van der Waals surface area contributed by atoms with Crippen molar-refractivity contribution in [1.82, 2.24) is 15.0 Å². The molecule has 0 saturated carbocycles. The van der Waals surface area contributed by atoms with Crippen LogP contribution in [0.15, 0.2) is 5.95 Å². The number of hydrogen-bond donors (Lipinski definition) is 0. The molecule has 0 atom stereocenters. The molecule has 100 valence electrons. The molecule has 1 rings (SSSR count). The van der Waals surface area contributed by atoms with Crippen molar-refractivity contribution in [2.24, 2.45) is 0 Å². The second-order valence-corrected chi connectivity index (χ2v) is 3.00. The van der Waals surface area contributed by atoms with Crippen LogP contribution in [0.25, 0.3) is 6.08 Å². The predicted molar refractivity (Wildman–Crippen MR) is 64.2 cm³/mol. The van der Waals surface area contributed by atoms with Gasteiger partial charge in [0.1, 0.15) is 0 Å². The number of hydrogen-bond acceptors (Lipinski definition) is 7. The molecule has 0 bridgehead atoms. The molecule has 0 aliphatic rings. The van der Waals surface area contributed by atoms with Crippen LogP contribution in [0.4, 0.5) is 0 Å². The monoisotopic (exact) mass is 255 g/mol. The van der Waals surface area contributed by atoms with Crippen molar-refractivity contribution >= 4 is 6.08 Å². The van der Waals surface area contributed by atoms with E-state index in [-0.39, 0.29) is 12.0 Å². The fourth-order valence-electron chi connectivity index (χ4n) is 1.11. The largest absolute Gasteiger partial charge is 0.467 e. The summed E-state index contributed by atoms with van der Waals surface area (Å²) >= 11 is 0. The SMILES string of the molecule is CCOC(=Cc1nc(OC)nc(OC)n1)OCC. The molecule has 7 heteroatoms. The highest BCUT2D eigenvalue weighted by molar-refractivity contribution is 5.41. The number of methoxy groups -OCH3 is 2. The zero-order valence-corrected chi connectivity index (χ0v) is 11.0. The summed E-state index contributed by atoms with van der Waals surface area (Å²) in [7, 11) is 2.93. The van der Waals surface area contributed by atoms with E-state index in [4.69, 9.17) is 18.9 Å². The number of nitrogens with zero attached hydrogens (tertiary/aromatic N) is 3. The topological polar surface area (TPSA) is 75.6 Å². The summed E-state index contributed by atoms with van der Waals surface area (Å²) < 4.78 is 20.5.